The largest absolute Gasteiger partial charge is 0.657 e. The molecule has 4 aliphatic heterocycles. The second-order valence-corrected chi connectivity index (χ2v) is 25.2. The molecule has 16 bridgehead atoms. The van der Waals surface area contributed by atoms with Crippen molar-refractivity contribution in [3.63, 3.8) is 0 Å². The van der Waals surface area contributed by atoms with Gasteiger partial charge in [0, 0.05) is 83.0 Å². The molecule has 0 amide bonds. The summed E-state index contributed by atoms with van der Waals surface area (Å²) in [4.78, 5) is 62.6. The summed E-state index contributed by atoms with van der Waals surface area (Å²) in [7, 11) is 0. The van der Waals surface area contributed by atoms with Gasteiger partial charge in [-0.05, 0) is 187 Å². The van der Waals surface area contributed by atoms with E-state index in [9.17, 15) is 0 Å². The second kappa shape index (κ2) is 24.9. The molecule has 97 heavy (non-hydrogen) atoms. The molecular weight excluding hydrogens is 1340 g/mol. The summed E-state index contributed by atoms with van der Waals surface area (Å²) in [5, 5.41) is 12.2. The topological polar surface area (TPSA) is 160 Å². The summed E-state index contributed by atoms with van der Waals surface area (Å²) < 4.78 is 0. The molecule has 0 unspecified atom stereocenters. The third-order valence-electron chi connectivity index (χ3n) is 20.0. The second-order valence-electron chi connectivity index (χ2n) is 25.2. The van der Waals surface area contributed by atoms with Gasteiger partial charge in [-0.1, -0.05) is 199 Å². The molecule has 0 fully saturated rings. The van der Waals surface area contributed by atoms with Crippen molar-refractivity contribution in [2.45, 2.75) is 107 Å². The third kappa shape index (κ3) is 10.4. The fourth-order valence-corrected chi connectivity index (χ4v) is 15.3. The summed E-state index contributed by atoms with van der Waals surface area (Å²) in [5.74, 6) is 2.14. The van der Waals surface area contributed by atoms with Gasteiger partial charge in [0.2, 0.25) is 0 Å². The number of fused-ring (bicyclic) bond motifs is 32. The number of aromatic nitrogens is 12. The van der Waals surface area contributed by atoms with E-state index in [0.717, 1.165) is 183 Å². The molecule has 0 saturated heterocycles. The standard InChI is InChI=1S/C48H24N8.C36H44N4.Dy/c1-2-10-26-18-34-33(17-25(26)9-1)41-49-42(34)54-44-37-21-29-13-5-6-14-30(29)22-38(37)46(51-44)56-48-40-24-32-16-8-7-15-31(32)23-39(40)47(52-48)55-45-36-20-28-12-4-3-11-27(28)19-35(36)43(50-45)53-41;1-9-21-22(10-2)30-18-32-25(13-5)26(14-6)34(39-32)20-36-28(16-8)27(15-7)35(40-36)19-33-24(12-4)23(11-3)31(38-33)17-29(21)37-30;/h1-24H;17-20H,9-16H2,1-8H3;/q2*-2;. The Morgan fingerprint density at radius 1 is 0.237 bits per heavy atom. The van der Waals surface area contributed by atoms with Crippen LogP contribution >= 0.6 is 0 Å². The zero-order valence-electron chi connectivity index (χ0n) is 55.5. The van der Waals surface area contributed by atoms with Crippen LogP contribution < -0.4 is 19.9 Å². The van der Waals surface area contributed by atoms with Crippen molar-refractivity contribution in [1.82, 2.24) is 59.8 Å². The minimum absolute atomic E-state index is 0. The van der Waals surface area contributed by atoms with Crippen LogP contribution in [0.3, 0.4) is 0 Å². The smallest absolute Gasteiger partial charge is 0.0928 e. The number of allylic oxidation sites excluding steroid dienone is 4. The maximum absolute atomic E-state index is 5.25. The SMILES string of the molecule is CCC1=C(CC)c2cc3[n-]c(cc4nc(cc5[n-]c(cc1n2)c(CC)c5CC)C(CC)=C4CC)c(CC)c3CC.[Dy].c1ccc2cc3c(cc2c1)-c1nc-3nc2[n-]c(nc3nc(nc4[n-]c(n1)c1cc5ccccc5cc41)-c1cc4ccccc4cc1-3)c1cc3ccccc3cc21. The van der Waals surface area contributed by atoms with Gasteiger partial charge in [0.25, 0.3) is 0 Å². The molecule has 4 aliphatic rings. The van der Waals surface area contributed by atoms with E-state index in [1.165, 1.54) is 44.5 Å². The molecule has 14 aromatic rings. The fourth-order valence-electron chi connectivity index (χ4n) is 15.3. The molecule has 18 rings (SSSR count). The molecule has 0 N–H and O–H groups in total. The van der Waals surface area contributed by atoms with E-state index in [4.69, 9.17) is 59.8 Å². The molecule has 0 atom stereocenters. The van der Waals surface area contributed by atoms with E-state index < -0.39 is 0 Å². The number of nitrogens with zero attached hydrogens (tertiary/aromatic N) is 12. The van der Waals surface area contributed by atoms with Crippen LogP contribution in [-0.2, 0) is 25.7 Å². The van der Waals surface area contributed by atoms with E-state index in [2.05, 4.69) is 177 Å². The van der Waals surface area contributed by atoms with Crippen LogP contribution in [0.2, 0.25) is 0 Å². The Balaban J connectivity index is 0.000000160. The van der Waals surface area contributed by atoms with Gasteiger partial charge < -0.3 is 39.9 Å². The van der Waals surface area contributed by atoms with Crippen LogP contribution in [0.25, 0.3) is 177 Å². The number of rotatable bonds is 8. The average molecular weight is 1410 g/mol. The third-order valence-corrected chi connectivity index (χ3v) is 20.0. The molecule has 0 saturated carbocycles. The Kier molecular flexibility index (Phi) is 15.9. The first-order valence-electron chi connectivity index (χ1n) is 34.1. The summed E-state index contributed by atoms with van der Waals surface area (Å²) >= 11 is 0. The zero-order chi connectivity index (χ0) is 65.0. The summed E-state index contributed by atoms with van der Waals surface area (Å²) in [6.45, 7) is 17.9. The van der Waals surface area contributed by atoms with E-state index in [0.29, 0.717) is 45.9 Å². The maximum Gasteiger partial charge on any atom is 0.0928 e. The molecule has 0 radical (unpaired) electrons. The molecule has 10 heterocycles. The van der Waals surface area contributed by atoms with Crippen LogP contribution in [0.5, 0.6) is 0 Å². The first-order valence-corrected chi connectivity index (χ1v) is 34.1. The first kappa shape index (κ1) is 61.9. The zero-order valence-corrected chi connectivity index (χ0v) is 57.5. The monoisotopic (exact) mass is 1410 g/mol. The number of aryl methyl sites for hydroxylation is 4. The summed E-state index contributed by atoms with van der Waals surface area (Å²) in [6.07, 6.45) is 7.60. The van der Waals surface area contributed by atoms with Crippen LogP contribution in [0.15, 0.2) is 170 Å². The van der Waals surface area contributed by atoms with Crippen molar-refractivity contribution in [2.75, 3.05) is 0 Å². The predicted molar refractivity (Wildman–Crippen MR) is 395 cm³/mol. The van der Waals surface area contributed by atoms with Gasteiger partial charge in [0.1, 0.15) is 0 Å². The average Bonchev–Trinajstić information content (AvgIpc) is 1.59. The minimum atomic E-state index is 0. The van der Waals surface area contributed by atoms with Gasteiger partial charge >= 0.3 is 0 Å². The van der Waals surface area contributed by atoms with Crippen LogP contribution in [0.4, 0.5) is 0 Å². The van der Waals surface area contributed by atoms with E-state index in [1.807, 2.05) is 48.5 Å². The van der Waals surface area contributed by atoms with E-state index >= 15 is 0 Å². The molecule has 13 heteroatoms. The first-order chi connectivity index (χ1) is 47.1. The van der Waals surface area contributed by atoms with Gasteiger partial charge in [-0.15, -0.1) is 22.1 Å². The number of hydrogen-bond donors (Lipinski definition) is 0. The van der Waals surface area contributed by atoms with Crippen molar-refractivity contribution < 1.29 is 38.2 Å². The summed E-state index contributed by atoms with van der Waals surface area (Å²) in [6, 6.07) is 59.4. The van der Waals surface area contributed by atoms with Crippen molar-refractivity contribution in [3.8, 4) is 45.6 Å². The van der Waals surface area contributed by atoms with Gasteiger partial charge in [0.05, 0.1) is 46.1 Å². The van der Waals surface area contributed by atoms with Crippen molar-refractivity contribution in [2.24, 2.45) is 0 Å². The van der Waals surface area contributed by atoms with Gasteiger partial charge in [-0.2, -0.15) is 0 Å². The van der Waals surface area contributed by atoms with Crippen molar-refractivity contribution in [1.29, 1.82) is 0 Å². The normalized spacial score (nSPS) is 12.7. The molecular formula is C84H68DyN12-4. The predicted octanol–water partition coefficient (Wildman–Crippen LogP) is 20.0. The summed E-state index contributed by atoms with van der Waals surface area (Å²) in [5.41, 5.74) is 24.8. The molecule has 6 aromatic heterocycles. The Hall–Kier alpha value is -9.97. The quantitative estimate of drug-likeness (QED) is 0.142. The van der Waals surface area contributed by atoms with Crippen molar-refractivity contribution >= 4 is 132 Å². The Bertz CT molecular complexity index is 5380. The Labute approximate surface area is 592 Å². The number of benzene rings is 8. The van der Waals surface area contributed by atoms with Crippen LogP contribution in [0, 0.1) is 38.2 Å². The Morgan fingerprint density at radius 2 is 0.454 bits per heavy atom. The molecule has 0 spiro atoms. The molecule has 478 valence electrons. The maximum atomic E-state index is 5.25. The Morgan fingerprint density at radius 3 is 0.660 bits per heavy atom. The van der Waals surface area contributed by atoms with Crippen molar-refractivity contribution in [3.05, 3.63) is 215 Å². The fraction of sp³-hybridized carbons (Fsp3) is 0.190. The minimum Gasteiger partial charge on any atom is -0.657 e. The number of hydrogen-bond acceptors (Lipinski definition) is 8. The van der Waals surface area contributed by atoms with Crippen LogP contribution in [-0.4, -0.2) is 39.9 Å². The molecule has 8 aromatic carbocycles. The van der Waals surface area contributed by atoms with Gasteiger partial charge in [-0.25, -0.2) is 19.9 Å². The molecule has 0 aliphatic carbocycles. The molecule has 12 nitrogen and oxygen atoms in total. The van der Waals surface area contributed by atoms with E-state index in [-0.39, 0.29) is 38.2 Å². The van der Waals surface area contributed by atoms with Crippen LogP contribution in [0.1, 0.15) is 126 Å². The van der Waals surface area contributed by atoms with Gasteiger partial charge in [-0.3, -0.25) is 0 Å². The van der Waals surface area contributed by atoms with E-state index in [1.54, 1.807) is 0 Å². The van der Waals surface area contributed by atoms with Gasteiger partial charge in [0.15, 0.2) is 0 Å².